The van der Waals surface area contributed by atoms with Gasteiger partial charge in [-0.3, -0.25) is 4.99 Å². The summed E-state index contributed by atoms with van der Waals surface area (Å²) in [4.78, 5) is 8.87. The Kier molecular flexibility index (Phi) is 8.34. The lowest BCUT2D eigenvalue weighted by Crippen LogP contribution is -2.36. The second-order valence-corrected chi connectivity index (χ2v) is 7.57. The van der Waals surface area contributed by atoms with Crippen molar-refractivity contribution < 1.29 is 9.15 Å². The molecule has 0 atom stereocenters. The van der Waals surface area contributed by atoms with E-state index in [2.05, 4.69) is 45.7 Å². The number of aryl methyl sites for hydroxylation is 1. The third-order valence-electron chi connectivity index (χ3n) is 5.28. The van der Waals surface area contributed by atoms with Gasteiger partial charge < -0.3 is 19.8 Å². The zero-order valence-corrected chi connectivity index (χ0v) is 20.3. The lowest BCUT2D eigenvalue weighted by molar-refractivity contribution is 0.119. The molecular weight excluding hydrogens is 503 g/mol. The van der Waals surface area contributed by atoms with E-state index in [1.165, 1.54) is 12.0 Å². The first-order chi connectivity index (χ1) is 14.7. The topological polar surface area (TPSA) is 71.7 Å². The number of oxazole rings is 1. The van der Waals surface area contributed by atoms with E-state index in [0.29, 0.717) is 31.0 Å². The predicted molar refractivity (Wildman–Crippen MR) is 134 cm³/mol. The molecule has 1 saturated carbocycles. The number of para-hydroxylation sites is 1. The van der Waals surface area contributed by atoms with Crippen LogP contribution in [0.25, 0.3) is 11.5 Å². The zero-order chi connectivity index (χ0) is 20.8. The van der Waals surface area contributed by atoms with E-state index in [0.717, 1.165) is 35.4 Å². The highest BCUT2D eigenvalue weighted by Crippen LogP contribution is 2.27. The van der Waals surface area contributed by atoms with Crippen molar-refractivity contribution in [1.29, 1.82) is 0 Å². The molecule has 0 spiro atoms. The first kappa shape index (κ1) is 23.1. The second kappa shape index (κ2) is 11.2. The number of halogens is 1. The molecule has 1 fully saturated rings. The van der Waals surface area contributed by atoms with E-state index in [9.17, 15) is 0 Å². The predicted octanol–water partition coefficient (Wildman–Crippen LogP) is 5.06. The first-order valence-corrected chi connectivity index (χ1v) is 10.4. The van der Waals surface area contributed by atoms with Gasteiger partial charge in [0, 0.05) is 24.7 Å². The van der Waals surface area contributed by atoms with Gasteiger partial charge in [-0.25, -0.2) is 4.98 Å². The van der Waals surface area contributed by atoms with Crippen molar-refractivity contribution in [2.75, 3.05) is 7.05 Å². The lowest BCUT2D eigenvalue weighted by atomic mass is 9.96. The van der Waals surface area contributed by atoms with E-state index in [-0.39, 0.29) is 24.0 Å². The fourth-order valence-corrected chi connectivity index (χ4v) is 3.22. The smallest absolute Gasteiger partial charge is 0.226 e. The Morgan fingerprint density at radius 2 is 1.84 bits per heavy atom. The molecule has 6 nitrogen and oxygen atoms in total. The van der Waals surface area contributed by atoms with E-state index in [1.54, 1.807) is 13.3 Å². The standard InChI is InChI=1S/C24H28N4O2.HI/c1-17-10-12-18(13-11-17)23-28-20(16-29-23)15-27-24(25-2)26-14-19-6-3-4-9-22(19)30-21-7-5-8-21;/h3-4,6,9-13,16,21H,5,7-8,14-15H2,1-2H3,(H2,25,26,27);1H. The molecule has 164 valence electrons. The van der Waals surface area contributed by atoms with E-state index in [1.807, 2.05) is 30.3 Å². The van der Waals surface area contributed by atoms with Gasteiger partial charge in [0.1, 0.15) is 12.0 Å². The Hall–Kier alpha value is -2.55. The van der Waals surface area contributed by atoms with Gasteiger partial charge in [0.2, 0.25) is 5.89 Å². The van der Waals surface area contributed by atoms with E-state index in [4.69, 9.17) is 9.15 Å². The molecule has 3 aromatic rings. The van der Waals surface area contributed by atoms with Crippen LogP contribution in [0.2, 0.25) is 0 Å². The maximum Gasteiger partial charge on any atom is 0.226 e. The van der Waals surface area contributed by atoms with Gasteiger partial charge in [0.25, 0.3) is 0 Å². The Bertz CT molecular complexity index is 997. The molecule has 0 aliphatic heterocycles. The van der Waals surface area contributed by atoms with Gasteiger partial charge in [-0.1, -0.05) is 35.9 Å². The highest BCUT2D eigenvalue weighted by Gasteiger charge is 2.20. The molecular formula is C24H29IN4O2. The molecule has 1 aliphatic rings. The van der Waals surface area contributed by atoms with Gasteiger partial charge in [0.15, 0.2) is 5.96 Å². The molecule has 0 bridgehead atoms. The summed E-state index contributed by atoms with van der Waals surface area (Å²) in [6.45, 7) is 3.22. The highest BCUT2D eigenvalue weighted by atomic mass is 127. The lowest BCUT2D eigenvalue weighted by Gasteiger charge is -2.27. The third kappa shape index (κ3) is 6.22. The van der Waals surface area contributed by atoms with Crippen LogP contribution in [0.4, 0.5) is 0 Å². The summed E-state index contributed by atoms with van der Waals surface area (Å²) in [5, 5.41) is 6.64. The fourth-order valence-electron chi connectivity index (χ4n) is 3.22. The van der Waals surface area contributed by atoms with Crippen LogP contribution in [-0.4, -0.2) is 24.1 Å². The van der Waals surface area contributed by atoms with Crippen molar-refractivity contribution in [1.82, 2.24) is 15.6 Å². The summed E-state index contributed by atoms with van der Waals surface area (Å²) in [6.07, 6.45) is 5.59. The summed E-state index contributed by atoms with van der Waals surface area (Å²) >= 11 is 0. The molecule has 31 heavy (non-hydrogen) atoms. The molecule has 2 N–H and O–H groups in total. The Labute approximate surface area is 200 Å². The first-order valence-electron chi connectivity index (χ1n) is 10.4. The Morgan fingerprint density at radius 3 is 2.55 bits per heavy atom. The van der Waals surface area contributed by atoms with Crippen LogP contribution >= 0.6 is 24.0 Å². The van der Waals surface area contributed by atoms with Crippen molar-refractivity contribution in [3.8, 4) is 17.2 Å². The van der Waals surface area contributed by atoms with Gasteiger partial charge in [0.05, 0.1) is 18.3 Å². The number of hydrogen-bond acceptors (Lipinski definition) is 4. The minimum atomic E-state index is 0. The number of guanidine groups is 1. The molecule has 1 heterocycles. The van der Waals surface area contributed by atoms with E-state index >= 15 is 0 Å². The summed E-state index contributed by atoms with van der Waals surface area (Å²) in [5.41, 5.74) is 4.12. The van der Waals surface area contributed by atoms with Gasteiger partial charge in [-0.05, 0) is 44.4 Å². The van der Waals surface area contributed by atoms with Crippen molar-refractivity contribution >= 4 is 29.9 Å². The molecule has 0 unspecified atom stereocenters. The molecule has 4 rings (SSSR count). The number of aromatic nitrogens is 1. The largest absolute Gasteiger partial charge is 0.490 e. The van der Waals surface area contributed by atoms with Crippen molar-refractivity contribution in [2.24, 2.45) is 4.99 Å². The second-order valence-electron chi connectivity index (χ2n) is 7.57. The number of nitrogens with zero attached hydrogens (tertiary/aromatic N) is 2. The van der Waals surface area contributed by atoms with Crippen LogP contribution in [0.15, 0.2) is 64.2 Å². The van der Waals surface area contributed by atoms with E-state index < -0.39 is 0 Å². The maximum atomic E-state index is 6.11. The molecule has 0 radical (unpaired) electrons. The van der Waals surface area contributed by atoms with Crippen LogP contribution < -0.4 is 15.4 Å². The van der Waals surface area contributed by atoms with Crippen molar-refractivity contribution in [3.63, 3.8) is 0 Å². The van der Waals surface area contributed by atoms with Gasteiger partial charge >= 0.3 is 0 Å². The van der Waals surface area contributed by atoms with Crippen molar-refractivity contribution in [2.45, 2.75) is 45.4 Å². The third-order valence-corrected chi connectivity index (χ3v) is 5.28. The monoisotopic (exact) mass is 532 g/mol. The maximum absolute atomic E-state index is 6.11. The normalized spacial score (nSPS) is 13.8. The zero-order valence-electron chi connectivity index (χ0n) is 17.9. The van der Waals surface area contributed by atoms with Crippen LogP contribution in [0.5, 0.6) is 5.75 Å². The minimum Gasteiger partial charge on any atom is -0.490 e. The van der Waals surface area contributed by atoms with Gasteiger partial charge in [-0.2, -0.15) is 0 Å². The molecule has 0 amide bonds. The number of aliphatic imine (C=N–C) groups is 1. The van der Waals surface area contributed by atoms with Crippen LogP contribution in [-0.2, 0) is 13.1 Å². The minimum absolute atomic E-state index is 0. The molecule has 0 saturated heterocycles. The number of hydrogen-bond donors (Lipinski definition) is 2. The number of nitrogens with one attached hydrogen (secondary N) is 2. The molecule has 1 aromatic heterocycles. The quantitative estimate of drug-likeness (QED) is 0.253. The summed E-state index contributed by atoms with van der Waals surface area (Å²) in [6, 6.07) is 16.3. The Morgan fingerprint density at radius 1 is 1.10 bits per heavy atom. The molecule has 2 aromatic carbocycles. The van der Waals surface area contributed by atoms with Crippen LogP contribution in [0, 0.1) is 6.92 Å². The summed E-state index contributed by atoms with van der Waals surface area (Å²) in [5.74, 6) is 2.27. The number of benzene rings is 2. The average Bonchev–Trinajstić information content (AvgIpc) is 3.21. The average molecular weight is 532 g/mol. The van der Waals surface area contributed by atoms with Crippen LogP contribution in [0.1, 0.15) is 36.1 Å². The van der Waals surface area contributed by atoms with Crippen molar-refractivity contribution in [3.05, 3.63) is 71.6 Å². The summed E-state index contributed by atoms with van der Waals surface area (Å²) in [7, 11) is 1.76. The van der Waals surface area contributed by atoms with Gasteiger partial charge in [-0.15, -0.1) is 24.0 Å². The highest BCUT2D eigenvalue weighted by molar-refractivity contribution is 14.0. The summed E-state index contributed by atoms with van der Waals surface area (Å²) < 4.78 is 11.7. The fraction of sp³-hybridized carbons (Fsp3) is 0.333. The number of ether oxygens (including phenoxy) is 1. The molecule has 1 aliphatic carbocycles. The molecule has 7 heteroatoms. The Balaban J connectivity index is 0.00000272. The SMILES string of the molecule is CN=C(NCc1coc(-c2ccc(C)cc2)n1)NCc1ccccc1OC1CCC1.I. The number of rotatable bonds is 7. The van der Waals surface area contributed by atoms with Crippen LogP contribution in [0.3, 0.4) is 0 Å².